The molecule has 5 heteroatoms. The van der Waals surface area contributed by atoms with Gasteiger partial charge in [-0.25, -0.2) is 4.98 Å². The first-order valence-corrected chi connectivity index (χ1v) is 5.93. The van der Waals surface area contributed by atoms with Crippen molar-refractivity contribution in [2.75, 3.05) is 22.6 Å². The van der Waals surface area contributed by atoms with Crippen molar-refractivity contribution in [3.05, 3.63) is 12.3 Å². The van der Waals surface area contributed by atoms with Crippen molar-refractivity contribution >= 4 is 23.5 Å². The van der Waals surface area contributed by atoms with Crippen LogP contribution in [0.3, 0.4) is 0 Å². The Morgan fingerprint density at radius 3 is 3.21 bits per heavy atom. The third-order valence-corrected chi connectivity index (χ3v) is 3.40. The van der Waals surface area contributed by atoms with Gasteiger partial charge in [0.25, 0.3) is 0 Å². The minimum atomic E-state index is 0.332. The van der Waals surface area contributed by atoms with Gasteiger partial charge in [0.15, 0.2) is 0 Å². The maximum atomic E-state index is 5.50. The van der Waals surface area contributed by atoms with Gasteiger partial charge in [0.05, 0.1) is 0 Å². The number of thioether (sulfide) groups is 1. The second-order valence-corrected chi connectivity index (χ2v) is 4.51. The van der Waals surface area contributed by atoms with Crippen molar-refractivity contribution < 1.29 is 0 Å². The number of aromatic nitrogens is 2. The number of nitrogens with zero attached hydrogens (tertiary/aromatic N) is 2. The molecular weight excluding hydrogens is 196 g/mol. The smallest absolute Gasteiger partial charge is 0.221 e. The van der Waals surface area contributed by atoms with E-state index in [2.05, 4.69) is 15.3 Å². The zero-order valence-corrected chi connectivity index (χ0v) is 8.76. The fourth-order valence-corrected chi connectivity index (χ4v) is 2.59. The molecule has 2 heterocycles. The van der Waals surface area contributed by atoms with E-state index in [1.165, 1.54) is 18.6 Å². The molecule has 3 N–H and O–H groups in total. The number of rotatable bonds is 2. The zero-order valence-electron chi connectivity index (χ0n) is 7.94. The lowest BCUT2D eigenvalue weighted by Gasteiger charge is -2.22. The van der Waals surface area contributed by atoms with Crippen LogP contribution in [0.2, 0.25) is 0 Å². The molecule has 76 valence electrons. The van der Waals surface area contributed by atoms with Crippen molar-refractivity contribution in [1.82, 2.24) is 9.97 Å². The average molecular weight is 210 g/mol. The Morgan fingerprint density at radius 2 is 2.50 bits per heavy atom. The zero-order chi connectivity index (χ0) is 9.80. The molecule has 0 bridgehead atoms. The molecular formula is C9H14N4S. The van der Waals surface area contributed by atoms with Crippen molar-refractivity contribution in [3.8, 4) is 0 Å². The Labute approximate surface area is 87.7 Å². The fourth-order valence-electron chi connectivity index (χ4n) is 1.52. The molecule has 1 aliphatic heterocycles. The van der Waals surface area contributed by atoms with Crippen molar-refractivity contribution in [1.29, 1.82) is 0 Å². The monoisotopic (exact) mass is 210 g/mol. The van der Waals surface area contributed by atoms with Gasteiger partial charge >= 0.3 is 0 Å². The van der Waals surface area contributed by atoms with E-state index in [-0.39, 0.29) is 0 Å². The molecule has 1 aliphatic rings. The highest BCUT2D eigenvalue weighted by Crippen LogP contribution is 2.19. The van der Waals surface area contributed by atoms with Crippen molar-refractivity contribution in [3.63, 3.8) is 0 Å². The molecule has 1 saturated heterocycles. The molecule has 1 aromatic heterocycles. The van der Waals surface area contributed by atoms with Crippen LogP contribution in [0.15, 0.2) is 12.3 Å². The van der Waals surface area contributed by atoms with Crippen molar-refractivity contribution in [2.45, 2.75) is 18.9 Å². The van der Waals surface area contributed by atoms with Crippen LogP contribution in [0.25, 0.3) is 0 Å². The Hall–Kier alpha value is -0.970. The molecule has 1 unspecified atom stereocenters. The number of nitrogens with two attached hydrogens (primary N) is 1. The Morgan fingerprint density at radius 1 is 1.57 bits per heavy atom. The van der Waals surface area contributed by atoms with Crippen LogP contribution in [0, 0.1) is 0 Å². The lowest BCUT2D eigenvalue weighted by molar-refractivity contribution is 0.682. The van der Waals surface area contributed by atoms with Crippen LogP contribution >= 0.6 is 11.8 Å². The highest BCUT2D eigenvalue weighted by Gasteiger charge is 2.13. The van der Waals surface area contributed by atoms with E-state index < -0.39 is 0 Å². The Kier molecular flexibility index (Phi) is 3.08. The summed E-state index contributed by atoms with van der Waals surface area (Å²) < 4.78 is 0. The molecule has 0 saturated carbocycles. The molecule has 14 heavy (non-hydrogen) atoms. The maximum absolute atomic E-state index is 5.50. The van der Waals surface area contributed by atoms with E-state index in [0.29, 0.717) is 12.0 Å². The van der Waals surface area contributed by atoms with E-state index in [1.54, 1.807) is 6.20 Å². The highest BCUT2D eigenvalue weighted by molar-refractivity contribution is 7.99. The van der Waals surface area contributed by atoms with Crippen LogP contribution in [0.5, 0.6) is 0 Å². The van der Waals surface area contributed by atoms with Crippen LogP contribution < -0.4 is 11.1 Å². The average Bonchev–Trinajstić information content (AvgIpc) is 2.19. The van der Waals surface area contributed by atoms with Gasteiger partial charge in [-0.3, -0.25) is 0 Å². The minimum Gasteiger partial charge on any atom is -0.368 e. The summed E-state index contributed by atoms with van der Waals surface area (Å²) in [5.74, 6) is 3.61. The molecule has 0 aromatic carbocycles. The lowest BCUT2D eigenvalue weighted by Crippen LogP contribution is -2.26. The quantitative estimate of drug-likeness (QED) is 0.771. The lowest BCUT2D eigenvalue weighted by atomic mass is 10.2. The second kappa shape index (κ2) is 4.50. The summed E-state index contributed by atoms with van der Waals surface area (Å²) in [6.45, 7) is 0. The van der Waals surface area contributed by atoms with Gasteiger partial charge in [0, 0.05) is 18.0 Å². The highest BCUT2D eigenvalue weighted by atomic mass is 32.2. The SMILES string of the molecule is Nc1nccc(NC2CCCSC2)n1. The maximum Gasteiger partial charge on any atom is 0.221 e. The first-order valence-electron chi connectivity index (χ1n) is 4.77. The summed E-state index contributed by atoms with van der Waals surface area (Å²) >= 11 is 1.99. The van der Waals surface area contributed by atoms with Crippen LogP contribution in [0.4, 0.5) is 11.8 Å². The molecule has 0 amide bonds. The topological polar surface area (TPSA) is 63.8 Å². The Bertz CT molecular complexity index is 299. The number of hydrogen-bond acceptors (Lipinski definition) is 5. The van der Waals surface area contributed by atoms with Gasteiger partial charge in [0.1, 0.15) is 5.82 Å². The standard InChI is InChI=1S/C9H14N4S/c10-9-11-4-3-8(13-9)12-7-2-1-5-14-6-7/h3-4,7H,1-2,5-6H2,(H3,10,11,12,13). The largest absolute Gasteiger partial charge is 0.368 e. The molecule has 0 aliphatic carbocycles. The van der Waals surface area contributed by atoms with Gasteiger partial charge in [-0.1, -0.05) is 0 Å². The number of nitrogen functional groups attached to an aromatic ring is 1. The van der Waals surface area contributed by atoms with Crippen LogP contribution in [-0.4, -0.2) is 27.5 Å². The summed E-state index contributed by atoms with van der Waals surface area (Å²) in [6.07, 6.45) is 4.18. The summed E-state index contributed by atoms with van der Waals surface area (Å²) in [4.78, 5) is 7.97. The summed E-state index contributed by atoms with van der Waals surface area (Å²) in [5.41, 5.74) is 5.50. The first-order chi connectivity index (χ1) is 6.84. The fraction of sp³-hybridized carbons (Fsp3) is 0.556. The van der Waals surface area contributed by atoms with Gasteiger partial charge in [-0.05, 0) is 24.7 Å². The van der Waals surface area contributed by atoms with Crippen LogP contribution in [-0.2, 0) is 0 Å². The van der Waals surface area contributed by atoms with Gasteiger partial charge < -0.3 is 11.1 Å². The summed E-state index contributed by atoms with van der Waals surface area (Å²) in [7, 11) is 0. The molecule has 2 rings (SSSR count). The van der Waals surface area contributed by atoms with Crippen LogP contribution in [0.1, 0.15) is 12.8 Å². The van der Waals surface area contributed by atoms with Gasteiger partial charge in [-0.15, -0.1) is 0 Å². The Balaban J connectivity index is 1.95. The predicted molar refractivity (Wildman–Crippen MR) is 60.4 cm³/mol. The second-order valence-electron chi connectivity index (χ2n) is 3.36. The number of hydrogen-bond donors (Lipinski definition) is 2. The number of anilines is 2. The molecule has 1 atom stereocenters. The minimum absolute atomic E-state index is 0.332. The van der Waals surface area contributed by atoms with E-state index >= 15 is 0 Å². The van der Waals surface area contributed by atoms with E-state index in [0.717, 1.165) is 11.6 Å². The summed E-state index contributed by atoms with van der Waals surface area (Å²) in [5, 5.41) is 3.37. The number of nitrogens with one attached hydrogen (secondary N) is 1. The molecule has 0 spiro atoms. The van der Waals surface area contributed by atoms with Gasteiger partial charge in [-0.2, -0.15) is 16.7 Å². The first kappa shape index (κ1) is 9.58. The predicted octanol–water partition coefficient (Wildman–Crippen LogP) is 1.37. The molecule has 1 fully saturated rings. The molecule has 4 nitrogen and oxygen atoms in total. The van der Waals surface area contributed by atoms with Crippen molar-refractivity contribution in [2.24, 2.45) is 0 Å². The summed E-state index contributed by atoms with van der Waals surface area (Å²) in [6, 6.07) is 2.39. The normalized spacial score (nSPS) is 21.9. The van der Waals surface area contributed by atoms with E-state index in [9.17, 15) is 0 Å². The molecule has 1 aromatic rings. The third kappa shape index (κ3) is 2.51. The van der Waals surface area contributed by atoms with E-state index in [1.807, 2.05) is 17.8 Å². The van der Waals surface area contributed by atoms with E-state index in [4.69, 9.17) is 5.73 Å². The third-order valence-electron chi connectivity index (χ3n) is 2.19. The van der Waals surface area contributed by atoms with Gasteiger partial charge in [0.2, 0.25) is 5.95 Å². The molecule has 0 radical (unpaired) electrons.